The minimum atomic E-state index is -0.340. The van der Waals surface area contributed by atoms with Crippen LogP contribution in [0.5, 0.6) is 0 Å². The minimum Gasteiger partial charge on any atom is -0.349 e. The number of hydrogen-bond acceptors (Lipinski definition) is 3. The number of aryl methyl sites for hydroxylation is 1. The monoisotopic (exact) mass is 319 g/mol. The number of H-pyrrole nitrogens is 1. The van der Waals surface area contributed by atoms with Crippen molar-refractivity contribution in [2.24, 2.45) is 12.1 Å². The third kappa shape index (κ3) is 3.67. The van der Waals surface area contributed by atoms with E-state index in [4.69, 9.17) is 0 Å². The van der Waals surface area contributed by atoms with Crippen LogP contribution < -0.4 is 5.43 Å². The second-order valence-electron chi connectivity index (χ2n) is 5.16. The van der Waals surface area contributed by atoms with E-state index in [0.29, 0.717) is 11.4 Å². The van der Waals surface area contributed by atoms with Gasteiger partial charge in [-0.05, 0) is 29.8 Å². The fraction of sp³-hybridized carbons (Fsp3) is 0.0556. The molecule has 0 fully saturated rings. The third-order valence-corrected chi connectivity index (χ3v) is 3.44. The molecule has 1 aromatic carbocycles. The lowest BCUT2D eigenvalue weighted by Crippen LogP contribution is -2.17. The van der Waals surface area contributed by atoms with E-state index < -0.39 is 0 Å². The molecule has 6 heteroatoms. The highest BCUT2D eigenvalue weighted by Gasteiger charge is 2.11. The van der Waals surface area contributed by atoms with Crippen LogP contribution in [0, 0.1) is 0 Å². The zero-order valence-electron chi connectivity index (χ0n) is 13.2. The summed E-state index contributed by atoms with van der Waals surface area (Å²) in [7, 11) is 1.92. The van der Waals surface area contributed by atoms with Crippen molar-refractivity contribution < 1.29 is 4.79 Å². The Morgan fingerprint density at radius 2 is 2.08 bits per heavy atom. The molecule has 120 valence electrons. The van der Waals surface area contributed by atoms with Crippen LogP contribution in [0.25, 0.3) is 17.5 Å². The summed E-state index contributed by atoms with van der Waals surface area (Å²) >= 11 is 0. The lowest BCUT2D eigenvalue weighted by Gasteiger charge is -1.97. The van der Waals surface area contributed by atoms with Crippen molar-refractivity contribution in [2.45, 2.75) is 0 Å². The van der Waals surface area contributed by atoms with Crippen LogP contribution in [0.3, 0.4) is 0 Å². The van der Waals surface area contributed by atoms with Gasteiger partial charge in [0.1, 0.15) is 11.4 Å². The molecule has 2 aromatic heterocycles. The SMILES string of the molecule is Cn1cccc1-c1cc(C(=O)N/N=C\C=C\c2ccccc2)[nH]n1. The maximum absolute atomic E-state index is 12.0. The molecule has 3 rings (SSSR count). The first-order valence-corrected chi connectivity index (χ1v) is 7.46. The largest absolute Gasteiger partial charge is 0.349 e. The van der Waals surface area contributed by atoms with Gasteiger partial charge in [-0.2, -0.15) is 10.2 Å². The molecule has 1 amide bonds. The van der Waals surface area contributed by atoms with Gasteiger partial charge in [0.2, 0.25) is 0 Å². The number of carbonyl (C=O) groups excluding carboxylic acids is 1. The Morgan fingerprint density at radius 1 is 1.25 bits per heavy atom. The number of nitrogens with one attached hydrogen (secondary N) is 2. The van der Waals surface area contributed by atoms with Gasteiger partial charge in [-0.3, -0.25) is 9.89 Å². The first kappa shape index (κ1) is 15.5. The first-order valence-electron chi connectivity index (χ1n) is 7.46. The number of amides is 1. The Kier molecular flexibility index (Phi) is 4.67. The van der Waals surface area contributed by atoms with Gasteiger partial charge in [0, 0.05) is 19.5 Å². The number of hydrazone groups is 1. The van der Waals surface area contributed by atoms with E-state index >= 15 is 0 Å². The van der Waals surface area contributed by atoms with Crippen LogP contribution in [0.15, 0.2) is 65.9 Å². The molecular formula is C18H17N5O. The smallest absolute Gasteiger partial charge is 0.289 e. The normalized spacial score (nSPS) is 11.4. The van der Waals surface area contributed by atoms with Crippen LogP contribution in [-0.4, -0.2) is 26.9 Å². The minimum absolute atomic E-state index is 0.340. The highest BCUT2D eigenvalue weighted by molar-refractivity contribution is 5.93. The van der Waals surface area contributed by atoms with E-state index in [1.165, 1.54) is 6.21 Å². The second kappa shape index (κ2) is 7.23. The van der Waals surface area contributed by atoms with Crippen molar-refractivity contribution >= 4 is 18.2 Å². The van der Waals surface area contributed by atoms with E-state index in [2.05, 4.69) is 20.7 Å². The molecule has 2 N–H and O–H groups in total. The highest BCUT2D eigenvalue weighted by atomic mass is 16.2. The Hall–Kier alpha value is -3.41. The molecule has 0 spiro atoms. The predicted molar refractivity (Wildman–Crippen MR) is 94.4 cm³/mol. The summed E-state index contributed by atoms with van der Waals surface area (Å²) in [4.78, 5) is 12.0. The molecule has 0 radical (unpaired) electrons. The van der Waals surface area contributed by atoms with Gasteiger partial charge in [0.25, 0.3) is 5.91 Å². The average Bonchev–Trinajstić information content (AvgIpc) is 3.24. The molecule has 0 unspecified atom stereocenters. The molecule has 0 saturated carbocycles. The van der Waals surface area contributed by atoms with E-state index in [0.717, 1.165) is 11.3 Å². The number of nitrogens with zero attached hydrogens (tertiary/aromatic N) is 3. The fourth-order valence-electron chi connectivity index (χ4n) is 2.21. The van der Waals surface area contributed by atoms with Gasteiger partial charge >= 0.3 is 0 Å². The molecule has 0 bridgehead atoms. The van der Waals surface area contributed by atoms with Gasteiger partial charge in [0.05, 0.1) is 5.69 Å². The maximum atomic E-state index is 12.0. The van der Waals surface area contributed by atoms with Crippen LogP contribution in [0.4, 0.5) is 0 Å². The number of allylic oxidation sites excluding steroid dienone is 1. The molecule has 0 aliphatic carbocycles. The Labute approximate surface area is 139 Å². The second-order valence-corrected chi connectivity index (χ2v) is 5.16. The summed E-state index contributed by atoms with van der Waals surface area (Å²) in [6.07, 6.45) is 7.11. The van der Waals surface area contributed by atoms with Crippen LogP contribution >= 0.6 is 0 Å². The molecule has 24 heavy (non-hydrogen) atoms. The Bertz CT molecular complexity index is 874. The van der Waals surface area contributed by atoms with Crippen molar-refractivity contribution in [3.05, 3.63) is 72.1 Å². The maximum Gasteiger partial charge on any atom is 0.289 e. The van der Waals surface area contributed by atoms with Crippen molar-refractivity contribution in [3.8, 4) is 11.4 Å². The molecule has 0 atom stereocenters. The lowest BCUT2D eigenvalue weighted by molar-refractivity contribution is 0.0950. The lowest BCUT2D eigenvalue weighted by atomic mass is 10.2. The molecule has 0 saturated heterocycles. The van der Waals surface area contributed by atoms with Gasteiger partial charge < -0.3 is 4.57 Å². The highest BCUT2D eigenvalue weighted by Crippen LogP contribution is 2.17. The molecule has 2 heterocycles. The third-order valence-electron chi connectivity index (χ3n) is 3.44. The summed E-state index contributed by atoms with van der Waals surface area (Å²) in [6, 6.07) is 15.4. The molecule has 6 nitrogen and oxygen atoms in total. The fourth-order valence-corrected chi connectivity index (χ4v) is 2.21. The van der Waals surface area contributed by atoms with Crippen molar-refractivity contribution in [1.82, 2.24) is 20.2 Å². The van der Waals surface area contributed by atoms with E-state index in [1.54, 1.807) is 12.1 Å². The summed E-state index contributed by atoms with van der Waals surface area (Å²) < 4.78 is 1.93. The van der Waals surface area contributed by atoms with Crippen molar-refractivity contribution in [2.75, 3.05) is 0 Å². The van der Waals surface area contributed by atoms with Gasteiger partial charge in [-0.25, -0.2) is 5.43 Å². The summed E-state index contributed by atoms with van der Waals surface area (Å²) in [5.41, 5.74) is 5.52. The quantitative estimate of drug-likeness (QED) is 0.560. The number of rotatable bonds is 5. The van der Waals surface area contributed by atoms with Gasteiger partial charge in [-0.15, -0.1) is 0 Å². The Morgan fingerprint density at radius 3 is 2.83 bits per heavy atom. The summed E-state index contributed by atoms with van der Waals surface area (Å²) in [6.45, 7) is 0. The number of hydrogen-bond donors (Lipinski definition) is 2. The molecular weight excluding hydrogens is 302 g/mol. The topological polar surface area (TPSA) is 75.1 Å². The molecule has 0 aliphatic heterocycles. The number of aromatic amines is 1. The van der Waals surface area contributed by atoms with Crippen molar-refractivity contribution in [3.63, 3.8) is 0 Å². The van der Waals surface area contributed by atoms with Crippen LogP contribution in [0.1, 0.15) is 16.1 Å². The number of carbonyl (C=O) groups is 1. The molecule has 0 aliphatic rings. The van der Waals surface area contributed by atoms with Gasteiger partial charge in [-0.1, -0.05) is 36.4 Å². The van der Waals surface area contributed by atoms with Crippen molar-refractivity contribution in [1.29, 1.82) is 0 Å². The standard InChI is InChI=1S/C18H17N5O/c1-23-12-6-10-17(23)15-13-16(21-20-15)18(24)22-19-11-5-9-14-7-3-2-4-8-14/h2-13H,1H3,(H,20,21)(H,22,24)/b9-5+,19-11-. The van der Waals surface area contributed by atoms with E-state index in [1.807, 2.05) is 66.4 Å². The summed E-state index contributed by atoms with van der Waals surface area (Å²) in [5, 5.41) is 10.8. The number of benzene rings is 1. The zero-order valence-corrected chi connectivity index (χ0v) is 13.2. The van der Waals surface area contributed by atoms with E-state index in [9.17, 15) is 4.79 Å². The van der Waals surface area contributed by atoms with E-state index in [-0.39, 0.29) is 5.91 Å². The van der Waals surface area contributed by atoms with Crippen LogP contribution in [0.2, 0.25) is 0 Å². The number of aromatic nitrogens is 3. The zero-order chi connectivity index (χ0) is 16.8. The van der Waals surface area contributed by atoms with Crippen LogP contribution in [-0.2, 0) is 7.05 Å². The first-order chi connectivity index (χ1) is 11.7. The van der Waals surface area contributed by atoms with Gasteiger partial charge in [0.15, 0.2) is 0 Å². The average molecular weight is 319 g/mol. The Balaban J connectivity index is 1.58. The molecule has 3 aromatic rings. The summed E-state index contributed by atoms with van der Waals surface area (Å²) in [5.74, 6) is -0.340. The predicted octanol–water partition coefficient (Wildman–Crippen LogP) is 2.84.